The second-order valence-corrected chi connectivity index (χ2v) is 6.39. The normalized spacial score (nSPS) is 15.8. The number of carbonyl (C=O) groups is 1. The lowest BCUT2D eigenvalue weighted by atomic mass is 10.2. The van der Waals surface area contributed by atoms with Crippen LogP contribution in [0.25, 0.3) is 0 Å². The van der Waals surface area contributed by atoms with E-state index >= 15 is 0 Å². The summed E-state index contributed by atoms with van der Waals surface area (Å²) in [5.41, 5.74) is 1.07. The van der Waals surface area contributed by atoms with Gasteiger partial charge in [-0.3, -0.25) is 14.5 Å². The van der Waals surface area contributed by atoms with Crippen LogP contribution in [0.15, 0.2) is 47.4 Å². The topological polar surface area (TPSA) is 45.5 Å². The fraction of sp³-hybridized carbons (Fsp3) is 0.368. The molecule has 0 bridgehead atoms. The second-order valence-electron chi connectivity index (χ2n) is 6.39. The van der Waals surface area contributed by atoms with Crippen molar-refractivity contribution >= 4 is 5.91 Å². The third-order valence-electron chi connectivity index (χ3n) is 4.55. The second kappa shape index (κ2) is 7.61. The lowest BCUT2D eigenvalue weighted by Crippen LogP contribution is -2.35. The molecule has 1 aliphatic rings. The van der Waals surface area contributed by atoms with Gasteiger partial charge in [0.2, 0.25) is 0 Å². The molecule has 0 aliphatic carbocycles. The highest BCUT2D eigenvalue weighted by atomic mass is 19.1. The molecule has 6 heteroatoms. The Morgan fingerprint density at radius 1 is 1.12 bits per heavy atom. The lowest BCUT2D eigenvalue weighted by Gasteiger charge is -2.22. The number of hydrogen-bond acceptors (Lipinski definition) is 3. The van der Waals surface area contributed by atoms with Crippen molar-refractivity contribution in [2.24, 2.45) is 7.05 Å². The Hall–Kier alpha value is -2.47. The van der Waals surface area contributed by atoms with Crippen LogP contribution in [0.2, 0.25) is 0 Å². The van der Waals surface area contributed by atoms with Gasteiger partial charge in [-0.05, 0) is 30.2 Å². The van der Waals surface area contributed by atoms with Gasteiger partial charge in [-0.15, -0.1) is 0 Å². The van der Waals surface area contributed by atoms with E-state index in [9.17, 15) is 14.0 Å². The Balaban J connectivity index is 1.64. The highest BCUT2D eigenvalue weighted by Crippen LogP contribution is 2.13. The van der Waals surface area contributed by atoms with Crippen molar-refractivity contribution in [2.75, 3.05) is 26.2 Å². The summed E-state index contributed by atoms with van der Waals surface area (Å²) in [7, 11) is 1.73. The summed E-state index contributed by atoms with van der Waals surface area (Å²) in [6.07, 6.45) is 2.59. The summed E-state index contributed by atoms with van der Waals surface area (Å²) in [6, 6.07) is 9.69. The van der Waals surface area contributed by atoms with Crippen molar-refractivity contribution in [3.8, 4) is 0 Å². The fourth-order valence-electron chi connectivity index (χ4n) is 3.08. The van der Waals surface area contributed by atoms with Crippen LogP contribution in [-0.4, -0.2) is 46.5 Å². The number of aryl methyl sites for hydroxylation is 1. The van der Waals surface area contributed by atoms with Crippen LogP contribution in [0.1, 0.15) is 22.3 Å². The van der Waals surface area contributed by atoms with Crippen molar-refractivity contribution in [2.45, 2.75) is 13.0 Å². The Labute approximate surface area is 146 Å². The van der Waals surface area contributed by atoms with Gasteiger partial charge in [0.15, 0.2) is 0 Å². The molecule has 0 N–H and O–H groups in total. The Bertz CT molecular complexity index is 818. The van der Waals surface area contributed by atoms with Crippen molar-refractivity contribution < 1.29 is 9.18 Å². The van der Waals surface area contributed by atoms with Crippen molar-refractivity contribution in [1.29, 1.82) is 0 Å². The molecule has 1 aliphatic heterocycles. The minimum Gasteiger partial charge on any atom is -0.337 e. The number of pyridine rings is 1. The molecule has 132 valence electrons. The molecule has 1 amide bonds. The Morgan fingerprint density at radius 3 is 2.68 bits per heavy atom. The first-order chi connectivity index (χ1) is 12.0. The van der Waals surface area contributed by atoms with Crippen LogP contribution < -0.4 is 5.56 Å². The average Bonchev–Trinajstić information content (AvgIpc) is 2.84. The van der Waals surface area contributed by atoms with Crippen LogP contribution in [0.3, 0.4) is 0 Å². The minimum absolute atomic E-state index is 0.0244. The predicted molar refractivity (Wildman–Crippen MR) is 93.9 cm³/mol. The molecule has 1 fully saturated rings. The zero-order valence-corrected chi connectivity index (χ0v) is 14.3. The van der Waals surface area contributed by atoms with E-state index in [1.54, 1.807) is 40.9 Å². The van der Waals surface area contributed by atoms with Crippen LogP contribution >= 0.6 is 0 Å². The van der Waals surface area contributed by atoms with Crippen LogP contribution in [-0.2, 0) is 13.6 Å². The molecule has 0 atom stereocenters. The molecule has 0 unspecified atom stereocenters. The van der Waals surface area contributed by atoms with Crippen LogP contribution in [0.5, 0.6) is 0 Å². The Morgan fingerprint density at radius 2 is 1.92 bits per heavy atom. The lowest BCUT2D eigenvalue weighted by molar-refractivity contribution is 0.0756. The number of halogens is 1. The number of benzene rings is 1. The van der Waals surface area contributed by atoms with Gasteiger partial charge < -0.3 is 9.47 Å². The maximum absolute atomic E-state index is 13.8. The Kier molecular flexibility index (Phi) is 5.28. The van der Waals surface area contributed by atoms with Gasteiger partial charge in [0.25, 0.3) is 11.5 Å². The van der Waals surface area contributed by atoms with Crippen LogP contribution in [0, 0.1) is 5.82 Å². The summed E-state index contributed by atoms with van der Waals surface area (Å²) in [5, 5.41) is 0. The summed E-state index contributed by atoms with van der Waals surface area (Å²) < 4.78 is 15.4. The average molecular weight is 343 g/mol. The third-order valence-corrected chi connectivity index (χ3v) is 4.55. The van der Waals surface area contributed by atoms with Crippen LogP contribution in [0.4, 0.5) is 4.39 Å². The van der Waals surface area contributed by atoms with Gasteiger partial charge >= 0.3 is 0 Å². The van der Waals surface area contributed by atoms with Crippen molar-refractivity contribution in [3.63, 3.8) is 0 Å². The number of aromatic nitrogens is 1. The molecule has 1 aromatic heterocycles. The van der Waals surface area contributed by atoms with Gasteiger partial charge in [0.05, 0.1) is 5.56 Å². The molecule has 2 aromatic rings. The highest BCUT2D eigenvalue weighted by Gasteiger charge is 2.22. The maximum Gasteiger partial charge on any atom is 0.256 e. The maximum atomic E-state index is 13.8. The quantitative estimate of drug-likeness (QED) is 0.855. The van der Waals surface area contributed by atoms with E-state index in [2.05, 4.69) is 4.90 Å². The third kappa shape index (κ3) is 4.14. The smallest absolute Gasteiger partial charge is 0.256 e. The molecule has 3 rings (SSSR count). The van der Waals surface area contributed by atoms with E-state index in [1.807, 2.05) is 6.07 Å². The summed E-state index contributed by atoms with van der Waals surface area (Å²) in [6.45, 7) is 3.39. The molecule has 0 saturated carbocycles. The van der Waals surface area contributed by atoms with Gasteiger partial charge in [-0.1, -0.05) is 12.1 Å². The van der Waals surface area contributed by atoms with Crippen molar-refractivity contribution in [1.82, 2.24) is 14.4 Å². The molecule has 0 spiro atoms. The van der Waals surface area contributed by atoms with E-state index < -0.39 is 5.82 Å². The summed E-state index contributed by atoms with van der Waals surface area (Å²) in [4.78, 5) is 28.2. The van der Waals surface area contributed by atoms with Crippen molar-refractivity contribution in [3.05, 3.63) is 69.9 Å². The van der Waals surface area contributed by atoms with Gasteiger partial charge in [0.1, 0.15) is 5.82 Å². The molecule has 0 radical (unpaired) electrons. The van der Waals surface area contributed by atoms with E-state index in [1.165, 1.54) is 12.1 Å². The number of rotatable bonds is 3. The first kappa shape index (κ1) is 17.4. The molecule has 5 nitrogen and oxygen atoms in total. The standard InChI is InChI=1S/C19H22FN3O2/c1-21-10-7-15(13-18(21)24)14-22-8-4-9-23(12-11-22)19(25)16-5-2-3-6-17(16)20/h2-3,5-7,10,13H,4,8-9,11-12,14H2,1H3. The van der Waals surface area contributed by atoms with E-state index in [4.69, 9.17) is 0 Å². The van der Waals surface area contributed by atoms with E-state index in [0.717, 1.165) is 18.5 Å². The minimum atomic E-state index is -0.478. The number of carbonyl (C=O) groups excluding carboxylic acids is 1. The SMILES string of the molecule is Cn1ccc(CN2CCCN(C(=O)c3ccccc3F)CC2)cc1=O. The number of hydrogen-bond donors (Lipinski definition) is 0. The highest BCUT2D eigenvalue weighted by molar-refractivity contribution is 5.94. The molecule has 1 aromatic carbocycles. The molecule has 25 heavy (non-hydrogen) atoms. The molecule has 1 saturated heterocycles. The van der Waals surface area contributed by atoms with E-state index in [-0.39, 0.29) is 17.0 Å². The summed E-state index contributed by atoms with van der Waals surface area (Å²) >= 11 is 0. The first-order valence-corrected chi connectivity index (χ1v) is 8.46. The fourth-order valence-corrected chi connectivity index (χ4v) is 3.08. The van der Waals surface area contributed by atoms with Gasteiger partial charge in [-0.2, -0.15) is 0 Å². The van der Waals surface area contributed by atoms with E-state index in [0.29, 0.717) is 26.2 Å². The number of nitrogens with zero attached hydrogens (tertiary/aromatic N) is 3. The zero-order chi connectivity index (χ0) is 17.8. The predicted octanol–water partition coefficient (Wildman–Crippen LogP) is 1.87. The monoisotopic (exact) mass is 343 g/mol. The first-order valence-electron chi connectivity index (χ1n) is 8.46. The van der Waals surface area contributed by atoms with Gasteiger partial charge in [0, 0.05) is 52.0 Å². The largest absolute Gasteiger partial charge is 0.337 e. The molecular formula is C19H22FN3O2. The molecular weight excluding hydrogens is 321 g/mol. The summed E-state index contributed by atoms with van der Waals surface area (Å²) in [5.74, 6) is -0.734. The number of amides is 1. The zero-order valence-electron chi connectivity index (χ0n) is 14.3. The van der Waals surface area contributed by atoms with Gasteiger partial charge in [-0.25, -0.2) is 4.39 Å². The molecule has 2 heterocycles.